The van der Waals surface area contributed by atoms with Crippen molar-refractivity contribution in [2.75, 3.05) is 6.54 Å². The molecule has 2 heterocycles. The lowest BCUT2D eigenvalue weighted by Crippen LogP contribution is -2.41. The van der Waals surface area contributed by atoms with Crippen molar-refractivity contribution in [3.8, 4) is 0 Å². The maximum absolute atomic E-state index is 12.5. The van der Waals surface area contributed by atoms with Crippen molar-refractivity contribution < 1.29 is 0 Å². The first-order chi connectivity index (χ1) is 9.60. The van der Waals surface area contributed by atoms with E-state index >= 15 is 0 Å². The van der Waals surface area contributed by atoms with Gasteiger partial charge in [0.05, 0.1) is 0 Å². The molecule has 0 unspecified atom stereocenters. The smallest absolute Gasteiger partial charge is 0.329 e. The lowest BCUT2D eigenvalue weighted by molar-refractivity contribution is 0.584. The molecule has 0 bridgehead atoms. The molecule has 0 aromatic carbocycles. The van der Waals surface area contributed by atoms with Crippen LogP contribution >= 0.6 is 0 Å². The molecule has 2 rings (SSSR count). The van der Waals surface area contributed by atoms with E-state index < -0.39 is 0 Å². The average molecular weight is 279 g/mol. The summed E-state index contributed by atoms with van der Waals surface area (Å²) < 4.78 is 4.63. The summed E-state index contributed by atoms with van der Waals surface area (Å²) in [5, 5.41) is 0. The molecular formula is C13H21N5O2. The Kier molecular flexibility index (Phi) is 4.08. The van der Waals surface area contributed by atoms with E-state index in [2.05, 4.69) is 4.98 Å². The highest BCUT2D eigenvalue weighted by atomic mass is 16.2. The molecule has 7 nitrogen and oxygen atoms in total. The van der Waals surface area contributed by atoms with Crippen molar-refractivity contribution in [2.24, 2.45) is 5.73 Å². The Morgan fingerprint density at radius 2 is 1.70 bits per heavy atom. The zero-order chi connectivity index (χ0) is 14.9. The van der Waals surface area contributed by atoms with Gasteiger partial charge in [-0.1, -0.05) is 6.92 Å². The van der Waals surface area contributed by atoms with E-state index in [-0.39, 0.29) is 24.3 Å². The second-order valence-corrected chi connectivity index (χ2v) is 4.57. The number of rotatable bonds is 5. The van der Waals surface area contributed by atoms with Crippen molar-refractivity contribution in [1.82, 2.24) is 18.7 Å². The van der Waals surface area contributed by atoms with Gasteiger partial charge in [-0.2, -0.15) is 0 Å². The normalized spacial score (nSPS) is 11.4. The number of imidazole rings is 1. The van der Waals surface area contributed by atoms with Gasteiger partial charge in [-0.05, 0) is 13.8 Å². The first-order valence-electron chi connectivity index (χ1n) is 7.03. The van der Waals surface area contributed by atoms with Gasteiger partial charge in [0.2, 0.25) is 0 Å². The van der Waals surface area contributed by atoms with Crippen LogP contribution in [0.2, 0.25) is 0 Å². The van der Waals surface area contributed by atoms with Crippen LogP contribution in [0, 0.1) is 0 Å². The molecule has 0 atom stereocenters. The van der Waals surface area contributed by atoms with Crippen LogP contribution in [0.4, 0.5) is 0 Å². The van der Waals surface area contributed by atoms with Crippen LogP contribution in [0.3, 0.4) is 0 Å². The van der Waals surface area contributed by atoms with Gasteiger partial charge >= 0.3 is 5.69 Å². The topological polar surface area (TPSA) is 87.8 Å². The Morgan fingerprint density at radius 3 is 2.20 bits per heavy atom. The van der Waals surface area contributed by atoms with E-state index in [1.54, 1.807) is 0 Å². The Hall–Kier alpha value is -1.89. The highest BCUT2D eigenvalue weighted by Gasteiger charge is 2.19. The summed E-state index contributed by atoms with van der Waals surface area (Å²) in [5.41, 5.74) is 5.85. The van der Waals surface area contributed by atoms with Crippen LogP contribution in [0.15, 0.2) is 9.59 Å². The molecule has 2 aromatic rings. The summed E-state index contributed by atoms with van der Waals surface area (Å²) in [6.45, 7) is 7.43. The number of nitrogens with zero attached hydrogens (tertiary/aromatic N) is 4. The minimum absolute atomic E-state index is 0.226. The minimum Gasteiger partial charge on any atom is -0.329 e. The fourth-order valence-corrected chi connectivity index (χ4v) is 2.56. The molecule has 110 valence electrons. The van der Waals surface area contributed by atoms with E-state index in [9.17, 15) is 9.59 Å². The Labute approximate surface area is 116 Å². The first kappa shape index (κ1) is 14.5. The number of hydrogen-bond acceptors (Lipinski definition) is 4. The maximum Gasteiger partial charge on any atom is 0.332 e. The molecule has 20 heavy (non-hydrogen) atoms. The summed E-state index contributed by atoms with van der Waals surface area (Å²) >= 11 is 0. The van der Waals surface area contributed by atoms with Crippen molar-refractivity contribution in [3.05, 3.63) is 26.7 Å². The molecule has 0 fully saturated rings. The fraction of sp³-hybridized carbons (Fsp3) is 0.615. The monoisotopic (exact) mass is 279 g/mol. The van der Waals surface area contributed by atoms with E-state index in [1.807, 2.05) is 25.3 Å². The van der Waals surface area contributed by atoms with E-state index in [1.165, 1.54) is 9.13 Å². The largest absolute Gasteiger partial charge is 0.332 e. The molecule has 0 aliphatic heterocycles. The summed E-state index contributed by atoms with van der Waals surface area (Å²) in [7, 11) is 0. The molecule has 7 heteroatoms. The van der Waals surface area contributed by atoms with Crippen LogP contribution in [-0.2, 0) is 26.1 Å². The molecular weight excluding hydrogens is 258 g/mol. The van der Waals surface area contributed by atoms with E-state index in [0.717, 1.165) is 12.2 Å². The van der Waals surface area contributed by atoms with Crippen LogP contribution in [-0.4, -0.2) is 25.2 Å². The molecule has 0 radical (unpaired) electrons. The molecule has 2 N–H and O–H groups in total. The molecule has 2 aromatic heterocycles. The predicted octanol–water partition coefficient (Wildman–Crippen LogP) is -0.0794. The SMILES string of the molecule is CCc1nc2c(c(=O)n(CCN)c(=O)n2CC)n1CC. The number of fused-ring (bicyclic) bond motifs is 1. The molecule has 0 aliphatic rings. The van der Waals surface area contributed by atoms with Gasteiger partial charge in [-0.15, -0.1) is 0 Å². The predicted molar refractivity (Wildman–Crippen MR) is 78.0 cm³/mol. The number of aryl methyl sites for hydroxylation is 3. The van der Waals surface area contributed by atoms with Crippen LogP contribution in [0.5, 0.6) is 0 Å². The van der Waals surface area contributed by atoms with Gasteiger partial charge in [0.1, 0.15) is 5.82 Å². The second-order valence-electron chi connectivity index (χ2n) is 4.57. The van der Waals surface area contributed by atoms with Crippen molar-refractivity contribution in [1.29, 1.82) is 0 Å². The zero-order valence-electron chi connectivity index (χ0n) is 12.2. The maximum atomic E-state index is 12.5. The standard InChI is InChI=1S/C13H21N5O2/c1-4-9-15-11-10(16(9)5-2)12(19)18(8-7-14)13(20)17(11)6-3/h4-8,14H2,1-3H3. The molecule has 0 saturated carbocycles. The van der Waals surface area contributed by atoms with Crippen LogP contribution < -0.4 is 17.0 Å². The van der Waals surface area contributed by atoms with E-state index in [0.29, 0.717) is 24.3 Å². The average Bonchev–Trinajstić information content (AvgIpc) is 2.82. The molecule has 0 saturated heterocycles. The van der Waals surface area contributed by atoms with Gasteiger partial charge < -0.3 is 10.3 Å². The molecule has 0 amide bonds. The third-order valence-electron chi connectivity index (χ3n) is 3.49. The van der Waals surface area contributed by atoms with Gasteiger partial charge in [-0.25, -0.2) is 9.78 Å². The number of aromatic nitrogens is 4. The third-order valence-corrected chi connectivity index (χ3v) is 3.49. The van der Waals surface area contributed by atoms with Gasteiger partial charge in [0.25, 0.3) is 5.56 Å². The van der Waals surface area contributed by atoms with Gasteiger partial charge in [0, 0.05) is 32.6 Å². The highest BCUT2D eigenvalue weighted by Crippen LogP contribution is 2.12. The minimum atomic E-state index is -0.334. The van der Waals surface area contributed by atoms with Gasteiger partial charge in [0.15, 0.2) is 11.2 Å². The number of hydrogen-bond donors (Lipinski definition) is 1. The van der Waals surface area contributed by atoms with Gasteiger partial charge in [-0.3, -0.25) is 13.9 Å². The Balaban J connectivity index is 2.99. The first-order valence-corrected chi connectivity index (χ1v) is 7.03. The van der Waals surface area contributed by atoms with E-state index in [4.69, 9.17) is 5.73 Å². The van der Waals surface area contributed by atoms with Crippen molar-refractivity contribution in [2.45, 2.75) is 46.8 Å². The Morgan fingerprint density at radius 1 is 1.05 bits per heavy atom. The summed E-state index contributed by atoms with van der Waals surface area (Å²) in [6, 6.07) is 0. The lowest BCUT2D eigenvalue weighted by atomic mass is 10.4. The van der Waals surface area contributed by atoms with Crippen LogP contribution in [0.25, 0.3) is 11.2 Å². The third kappa shape index (κ3) is 1.98. The Bertz CT molecular complexity index is 738. The second kappa shape index (κ2) is 5.62. The van der Waals surface area contributed by atoms with Crippen molar-refractivity contribution in [3.63, 3.8) is 0 Å². The molecule has 0 spiro atoms. The summed E-state index contributed by atoms with van der Waals surface area (Å²) in [5.74, 6) is 0.826. The highest BCUT2D eigenvalue weighted by molar-refractivity contribution is 5.71. The molecule has 0 aliphatic carbocycles. The van der Waals surface area contributed by atoms with Crippen LogP contribution in [0.1, 0.15) is 26.6 Å². The fourth-order valence-electron chi connectivity index (χ4n) is 2.56. The quantitative estimate of drug-likeness (QED) is 0.829. The summed E-state index contributed by atoms with van der Waals surface area (Å²) in [6.07, 6.45) is 0.719. The lowest BCUT2D eigenvalue weighted by Gasteiger charge is -2.10. The number of nitrogens with two attached hydrogens (primary N) is 1. The van der Waals surface area contributed by atoms with Crippen molar-refractivity contribution >= 4 is 11.2 Å². The summed E-state index contributed by atoms with van der Waals surface area (Å²) in [4.78, 5) is 29.4. The zero-order valence-corrected chi connectivity index (χ0v) is 12.2.